The van der Waals surface area contributed by atoms with Crippen LogP contribution in [0.1, 0.15) is 24.0 Å². The highest BCUT2D eigenvalue weighted by molar-refractivity contribution is 5.96. The molecule has 1 fully saturated rings. The highest BCUT2D eigenvalue weighted by Gasteiger charge is 2.19. The van der Waals surface area contributed by atoms with Crippen LogP contribution in [-0.2, 0) is 17.9 Å². The first-order chi connectivity index (χ1) is 14.6. The van der Waals surface area contributed by atoms with Crippen LogP contribution in [0.4, 0.5) is 10.5 Å². The van der Waals surface area contributed by atoms with E-state index in [9.17, 15) is 14.7 Å². The van der Waals surface area contributed by atoms with E-state index in [1.54, 1.807) is 0 Å². The van der Waals surface area contributed by atoms with Gasteiger partial charge >= 0.3 is 6.03 Å². The second-order valence-corrected chi connectivity index (χ2v) is 7.63. The number of hydrogen-bond acceptors (Lipinski definition) is 5. The van der Waals surface area contributed by atoms with Crippen LogP contribution in [-0.4, -0.2) is 48.2 Å². The van der Waals surface area contributed by atoms with Gasteiger partial charge in [-0.2, -0.15) is 0 Å². The number of carbonyl (C=O) groups excluding carboxylic acids is 2. The van der Waals surface area contributed by atoms with E-state index in [0.29, 0.717) is 12.5 Å². The van der Waals surface area contributed by atoms with Gasteiger partial charge in [0.15, 0.2) is 0 Å². The Morgan fingerprint density at radius 1 is 1.00 bits per heavy atom. The van der Waals surface area contributed by atoms with Crippen LogP contribution < -0.4 is 16.0 Å². The van der Waals surface area contributed by atoms with Crippen LogP contribution in [0.5, 0.6) is 0 Å². The van der Waals surface area contributed by atoms with E-state index in [2.05, 4.69) is 20.9 Å². The summed E-state index contributed by atoms with van der Waals surface area (Å²) in [5.41, 5.74) is 2.97. The first-order valence-corrected chi connectivity index (χ1v) is 10.4. The lowest BCUT2D eigenvalue weighted by Gasteiger charge is -2.31. The number of para-hydroxylation sites is 1. The van der Waals surface area contributed by atoms with Crippen LogP contribution in [0.2, 0.25) is 0 Å². The fraction of sp³-hybridized carbons (Fsp3) is 0.391. The maximum atomic E-state index is 12.1. The van der Waals surface area contributed by atoms with Crippen LogP contribution in [0.3, 0.4) is 0 Å². The lowest BCUT2D eigenvalue weighted by Crippen LogP contribution is -2.41. The third-order valence-corrected chi connectivity index (χ3v) is 5.36. The topological polar surface area (TPSA) is 93.7 Å². The van der Waals surface area contributed by atoms with Crippen molar-refractivity contribution < 1.29 is 14.7 Å². The quantitative estimate of drug-likeness (QED) is 0.536. The minimum absolute atomic E-state index is 0.0162. The molecule has 4 N–H and O–H groups in total. The lowest BCUT2D eigenvalue weighted by atomic mass is 9.97. The molecule has 3 amide bonds. The van der Waals surface area contributed by atoms with Gasteiger partial charge in [0.05, 0.1) is 6.54 Å². The number of nitrogens with zero attached hydrogens (tertiary/aromatic N) is 1. The number of imide groups is 1. The van der Waals surface area contributed by atoms with Gasteiger partial charge in [-0.15, -0.1) is 0 Å². The molecule has 3 rings (SSSR count). The van der Waals surface area contributed by atoms with E-state index in [0.717, 1.165) is 49.3 Å². The maximum absolute atomic E-state index is 12.1. The van der Waals surface area contributed by atoms with Crippen LogP contribution in [0.25, 0.3) is 0 Å². The molecule has 2 aromatic rings. The molecule has 0 radical (unpaired) electrons. The summed E-state index contributed by atoms with van der Waals surface area (Å²) in [6, 6.07) is 16.9. The number of hydrogen-bond donors (Lipinski definition) is 4. The van der Waals surface area contributed by atoms with Crippen LogP contribution in [0.15, 0.2) is 54.6 Å². The van der Waals surface area contributed by atoms with Crippen molar-refractivity contribution in [3.8, 4) is 0 Å². The molecule has 160 valence electrons. The number of aliphatic hydroxyl groups is 1. The van der Waals surface area contributed by atoms with Crippen molar-refractivity contribution in [2.45, 2.75) is 25.9 Å². The summed E-state index contributed by atoms with van der Waals surface area (Å²) in [7, 11) is 0. The summed E-state index contributed by atoms with van der Waals surface area (Å²) in [4.78, 5) is 26.4. The van der Waals surface area contributed by atoms with E-state index in [-0.39, 0.29) is 19.1 Å². The van der Waals surface area contributed by atoms with E-state index < -0.39 is 6.03 Å². The molecule has 1 saturated heterocycles. The average molecular weight is 411 g/mol. The number of likely N-dealkylation sites (tertiary alicyclic amines) is 1. The van der Waals surface area contributed by atoms with E-state index in [1.165, 1.54) is 0 Å². The van der Waals surface area contributed by atoms with Gasteiger partial charge in [-0.05, 0) is 49.0 Å². The summed E-state index contributed by atoms with van der Waals surface area (Å²) < 4.78 is 0. The SMILES string of the molecule is O=C(CNc1ccccc1CN1CCC(CO)CC1)NC(=O)NCc1ccccc1. The molecule has 0 unspecified atom stereocenters. The van der Waals surface area contributed by atoms with Gasteiger partial charge in [0, 0.05) is 25.4 Å². The van der Waals surface area contributed by atoms with Crippen LogP contribution in [0, 0.1) is 5.92 Å². The maximum Gasteiger partial charge on any atom is 0.321 e. The molecule has 0 bridgehead atoms. The average Bonchev–Trinajstić information content (AvgIpc) is 2.78. The molecule has 0 saturated carbocycles. The molecular weight excluding hydrogens is 380 g/mol. The van der Waals surface area contributed by atoms with Crippen molar-refractivity contribution in [2.24, 2.45) is 5.92 Å². The minimum Gasteiger partial charge on any atom is -0.396 e. The Morgan fingerprint density at radius 2 is 1.70 bits per heavy atom. The fourth-order valence-corrected chi connectivity index (χ4v) is 3.57. The lowest BCUT2D eigenvalue weighted by molar-refractivity contribution is -0.118. The summed E-state index contributed by atoms with van der Waals surface area (Å²) >= 11 is 0. The second kappa shape index (κ2) is 11.3. The predicted octanol–water partition coefficient (Wildman–Crippen LogP) is 2.33. The minimum atomic E-state index is -0.509. The number of amides is 3. The van der Waals surface area contributed by atoms with Gasteiger partial charge in [-0.1, -0.05) is 48.5 Å². The molecule has 1 aliphatic heterocycles. The summed E-state index contributed by atoms with van der Waals surface area (Å²) in [6.45, 7) is 3.36. The van der Waals surface area contributed by atoms with Crippen LogP contribution >= 0.6 is 0 Å². The normalized spacial score (nSPS) is 14.8. The molecule has 2 aromatic carbocycles. The van der Waals surface area contributed by atoms with Crippen molar-refractivity contribution in [2.75, 3.05) is 31.6 Å². The predicted molar refractivity (Wildman–Crippen MR) is 117 cm³/mol. The molecule has 0 aromatic heterocycles. The largest absolute Gasteiger partial charge is 0.396 e. The van der Waals surface area contributed by atoms with Crippen molar-refractivity contribution in [1.82, 2.24) is 15.5 Å². The van der Waals surface area contributed by atoms with Crippen molar-refractivity contribution in [1.29, 1.82) is 0 Å². The standard InChI is InChI=1S/C23H30N4O3/c28-17-19-10-12-27(13-11-19)16-20-8-4-5-9-21(20)24-15-22(29)26-23(30)25-14-18-6-2-1-3-7-18/h1-9,19,24,28H,10-17H2,(H2,25,26,29,30). The second-order valence-electron chi connectivity index (χ2n) is 7.63. The number of urea groups is 1. The first-order valence-electron chi connectivity index (χ1n) is 10.4. The summed E-state index contributed by atoms with van der Waals surface area (Å²) in [5.74, 6) is 0.0190. The zero-order valence-corrected chi connectivity index (χ0v) is 17.1. The molecule has 30 heavy (non-hydrogen) atoms. The van der Waals surface area contributed by atoms with E-state index in [4.69, 9.17) is 0 Å². The molecule has 7 heteroatoms. The Balaban J connectivity index is 1.43. The molecule has 7 nitrogen and oxygen atoms in total. The third kappa shape index (κ3) is 6.86. The molecule has 1 aliphatic rings. The van der Waals surface area contributed by atoms with Gasteiger partial charge in [0.2, 0.25) is 5.91 Å². The molecule has 1 heterocycles. The molecule has 0 spiro atoms. The number of aliphatic hydroxyl groups excluding tert-OH is 1. The Labute approximate surface area is 177 Å². The van der Waals surface area contributed by atoms with Gasteiger partial charge in [0.1, 0.15) is 0 Å². The fourth-order valence-electron chi connectivity index (χ4n) is 3.57. The number of benzene rings is 2. The zero-order chi connectivity index (χ0) is 21.2. The number of rotatable bonds is 8. The van der Waals surface area contributed by atoms with Gasteiger partial charge in [-0.3, -0.25) is 15.0 Å². The number of piperidine rings is 1. The highest BCUT2D eigenvalue weighted by atomic mass is 16.3. The first kappa shape index (κ1) is 21.8. The molecular formula is C23H30N4O3. The summed E-state index contributed by atoms with van der Waals surface area (Å²) in [5, 5.41) is 17.5. The van der Waals surface area contributed by atoms with Gasteiger partial charge < -0.3 is 15.7 Å². The number of anilines is 1. The molecule has 0 aliphatic carbocycles. The van der Waals surface area contributed by atoms with Gasteiger partial charge in [-0.25, -0.2) is 4.79 Å². The van der Waals surface area contributed by atoms with Gasteiger partial charge in [0.25, 0.3) is 0 Å². The Morgan fingerprint density at radius 3 is 2.43 bits per heavy atom. The van der Waals surface area contributed by atoms with Crippen molar-refractivity contribution in [3.63, 3.8) is 0 Å². The Hall–Kier alpha value is -2.90. The van der Waals surface area contributed by atoms with E-state index >= 15 is 0 Å². The van der Waals surface area contributed by atoms with E-state index in [1.807, 2.05) is 54.6 Å². The van der Waals surface area contributed by atoms with Crippen molar-refractivity contribution >= 4 is 17.6 Å². The zero-order valence-electron chi connectivity index (χ0n) is 17.1. The smallest absolute Gasteiger partial charge is 0.321 e. The third-order valence-electron chi connectivity index (χ3n) is 5.36. The molecule has 0 atom stereocenters. The number of carbonyl (C=O) groups is 2. The number of nitrogens with one attached hydrogen (secondary N) is 3. The van der Waals surface area contributed by atoms with Crippen molar-refractivity contribution in [3.05, 3.63) is 65.7 Å². The summed E-state index contributed by atoms with van der Waals surface area (Å²) in [6.07, 6.45) is 2.01. The Bertz CT molecular complexity index is 820. The highest BCUT2D eigenvalue weighted by Crippen LogP contribution is 2.22. The monoisotopic (exact) mass is 410 g/mol. The Kier molecular flexibility index (Phi) is 8.23.